The van der Waals surface area contributed by atoms with E-state index in [1.165, 1.54) is 0 Å². The van der Waals surface area contributed by atoms with Crippen molar-refractivity contribution >= 4 is 17.3 Å². The maximum absolute atomic E-state index is 5.47. The highest BCUT2D eigenvalue weighted by Gasteiger charge is 1.86. The van der Waals surface area contributed by atoms with E-state index in [-0.39, 0.29) is 0 Å². The van der Waals surface area contributed by atoms with Crippen LogP contribution in [0.3, 0.4) is 0 Å². The number of nitrogens with zero attached hydrogens (tertiary/aromatic N) is 1. The highest BCUT2D eigenvalue weighted by molar-refractivity contribution is 6.19. The predicted octanol–water partition coefficient (Wildman–Crippen LogP) is 1.25. The Hall–Kier alpha value is -1.20. The van der Waals surface area contributed by atoms with E-state index in [0.29, 0.717) is 11.6 Å². The van der Waals surface area contributed by atoms with Crippen molar-refractivity contribution in [1.82, 2.24) is 4.98 Å². The number of aromatic nitrogens is 1. The van der Waals surface area contributed by atoms with Crippen LogP contribution in [-0.2, 0) is 0 Å². The van der Waals surface area contributed by atoms with Gasteiger partial charge in [0.2, 0.25) is 0 Å². The quantitative estimate of drug-likeness (QED) is 0.466. The lowest BCUT2D eigenvalue weighted by molar-refractivity contribution is 1.32. The minimum absolute atomic E-state index is 0.328. The molecule has 0 unspecified atom stereocenters. The molecule has 0 saturated heterocycles. The number of nitrogens with two attached hydrogens (primary N) is 1. The summed E-state index contributed by atoms with van der Waals surface area (Å²) in [5.74, 6) is 5.85. The van der Waals surface area contributed by atoms with Gasteiger partial charge in [-0.05, 0) is 6.07 Å². The molecule has 0 bridgehead atoms. The number of hydrogen-bond acceptors (Lipinski definition) is 2. The van der Waals surface area contributed by atoms with Gasteiger partial charge < -0.3 is 5.73 Å². The topological polar surface area (TPSA) is 38.9 Å². The summed E-state index contributed by atoms with van der Waals surface area (Å²) in [6.45, 7) is 0. The van der Waals surface area contributed by atoms with Crippen LogP contribution in [0.1, 0.15) is 5.56 Å². The van der Waals surface area contributed by atoms with Gasteiger partial charge in [0.05, 0.1) is 11.6 Å². The summed E-state index contributed by atoms with van der Waals surface area (Å²) in [5, 5.41) is 0. The fourth-order valence-electron chi connectivity index (χ4n) is 0.662. The van der Waals surface area contributed by atoms with Crippen LogP contribution in [0.4, 0.5) is 5.69 Å². The maximum Gasteiger partial charge on any atom is 0.0839 e. The van der Waals surface area contributed by atoms with Gasteiger partial charge in [-0.2, -0.15) is 0 Å². The molecule has 1 heterocycles. The fraction of sp³-hybridized carbons (Fsp3) is 0.125. The van der Waals surface area contributed by atoms with Crippen LogP contribution >= 0.6 is 11.6 Å². The molecule has 0 saturated carbocycles. The number of rotatable bonds is 0. The van der Waals surface area contributed by atoms with Gasteiger partial charge in [-0.1, -0.05) is 11.8 Å². The monoisotopic (exact) mass is 166 g/mol. The summed E-state index contributed by atoms with van der Waals surface area (Å²) < 4.78 is 0. The summed E-state index contributed by atoms with van der Waals surface area (Å²) in [6, 6.07) is 1.76. The third-order valence-corrected chi connectivity index (χ3v) is 1.19. The molecule has 0 aromatic carbocycles. The summed E-state index contributed by atoms with van der Waals surface area (Å²) in [5.41, 5.74) is 6.88. The Morgan fingerprint density at radius 3 is 3.00 bits per heavy atom. The molecule has 1 aromatic rings. The molecule has 1 aromatic heterocycles. The van der Waals surface area contributed by atoms with Crippen LogP contribution in [0, 0.1) is 11.8 Å². The minimum atomic E-state index is 0.328. The lowest BCUT2D eigenvalue weighted by Crippen LogP contribution is -1.86. The summed E-state index contributed by atoms with van der Waals surface area (Å²) in [7, 11) is 0. The van der Waals surface area contributed by atoms with Gasteiger partial charge in [0.1, 0.15) is 0 Å². The summed E-state index contributed by atoms with van der Waals surface area (Å²) >= 11 is 5.37. The van der Waals surface area contributed by atoms with Crippen molar-refractivity contribution in [2.45, 2.75) is 0 Å². The number of hydrogen-bond donors (Lipinski definition) is 1. The molecule has 0 spiro atoms. The molecule has 0 aliphatic heterocycles. The number of halogens is 1. The van der Waals surface area contributed by atoms with E-state index in [0.717, 1.165) is 5.56 Å². The molecule has 0 atom stereocenters. The second-order valence-corrected chi connectivity index (χ2v) is 2.21. The van der Waals surface area contributed by atoms with E-state index >= 15 is 0 Å². The smallest absolute Gasteiger partial charge is 0.0839 e. The van der Waals surface area contributed by atoms with Crippen molar-refractivity contribution in [2.75, 3.05) is 11.6 Å². The van der Waals surface area contributed by atoms with Gasteiger partial charge in [0.15, 0.2) is 0 Å². The number of anilines is 1. The van der Waals surface area contributed by atoms with Crippen molar-refractivity contribution in [3.63, 3.8) is 0 Å². The van der Waals surface area contributed by atoms with Gasteiger partial charge in [-0.15, -0.1) is 11.6 Å². The Bertz CT molecular complexity index is 298. The molecule has 0 amide bonds. The van der Waals surface area contributed by atoms with Crippen molar-refractivity contribution in [1.29, 1.82) is 0 Å². The van der Waals surface area contributed by atoms with Gasteiger partial charge in [-0.25, -0.2) is 0 Å². The van der Waals surface area contributed by atoms with Gasteiger partial charge in [0, 0.05) is 18.0 Å². The standard InChI is InChI=1S/C8H7ClN2/c9-3-1-2-7-4-8(10)6-11-5-7/h4-6H,3,10H2. The van der Waals surface area contributed by atoms with E-state index in [9.17, 15) is 0 Å². The van der Waals surface area contributed by atoms with Crippen molar-refractivity contribution in [2.24, 2.45) is 0 Å². The van der Waals surface area contributed by atoms with Gasteiger partial charge in [0.25, 0.3) is 0 Å². The van der Waals surface area contributed by atoms with Crippen LogP contribution in [0.25, 0.3) is 0 Å². The van der Waals surface area contributed by atoms with Crippen LogP contribution in [-0.4, -0.2) is 10.9 Å². The molecule has 2 nitrogen and oxygen atoms in total. The molecule has 2 N–H and O–H groups in total. The molecular weight excluding hydrogens is 160 g/mol. The zero-order chi connectivity index (χ0) is 8.10. The maximum atomic E-state index is 5.47. The number of alkyl halides is 1. The molecule has 0 aliphatic rings. The first kappa shape index (κ1) is 7.90. The Labute approximate surface area is 70.4 Å². The lowest BCUT2D eigenvalue weighted by Gasteiger charge is -1.90. The Morgan fingerprint density at radius 1 is 1.55 bits per heavy atom. The van der Waals surface area contributed by atoms with Crippen molar-refractivity contribution in [3.8, 4) is 11.8 Å². The molecular formula is C8H7ClN2. The van der Waals surface area contributed by atoms with Crippen molar-refractivity contribution in [3.05, 3.63) is 24.0 Å². The molecule has 0 radical (unpaired) electrons. The first-order valence-corrected chi connectivity index (χ1v) is 3.62. The van der Waals surface area contributed by atoms with Crippen LogP contribution in [0.15, 0.2) is 18.5 Å². The lowest BCUT2D eigenvalue weighted by atomic mass is 10.3. The molecule has 3 heteroatoms. The molecule has 11 heavy (non-hydrogen) atoms. The average molecular weight is 167 g/mol. The molecule has 56 valence electrons. The minimum Gasteiger partial charge on any atom is -0.397 e. The zero-order valence-corrected chi connectivity index (χ0v) is 6.60. The summed E-state index contributed by atoms with van der Waals surface area (Å²) in [4.78, 5) is 3.87. The van der Waals surface area contributed by atoms with Crippen LogP contribution < -0.4 is 5.73 Å². The normalized spacial score (nSPS) is 8.45. The average Bonchev–Trinajstić information content (AvgIpc) is 2.01. The Kier molecular flexibility index (Phi) is 2.76. The van der Waals surface area contributed by atoms with E-state index in [2.05, 4.69) is 16.8 Å². The van der Waals surface area contributed by atoms with Gasteiger partial charge in [-0.3, -0.25) is 4.98 Å². The first-order chi connectivity index (χ1) is 5.33. The second kappa shape index (κ2) is 3.85. The van der Waals surface area contributed by atoms with E-state index in [4.69, 9.17) is 17.3 Å². The second-order valence-electron chi connectivity index (χ2n) is 1.94. The third-order valence-electron chi connectivity index (χ3n) is 1.06. The Balaban J connectivity index is 2.87. The largest absolute Gasteiger partial charge is 0.397 e. The van der Waals surface area contributed by atoms with E-state index in [1.807, 2.05) is 0 Å². The number of nitrogen functional groups attached to an aromatic ring is 1. The summed E-state index contributed by atoms with van der Waals surface area (Å²) in [6.07, 6.45) is 3.22. The molecule has 0 fully saturated rings. The molecule has 1 rings (SSSR count). The first-order valence-electron chi connectivity index (χ1n) is 3.08. The zero-order valence-electron chi connectivity index (χ0n) is 5.84. The number of pyridine rings is 1. The van der Waals surface area contributed by atoms with E-state index < -0.39 is 0 Å². The van der Waals surface area contributed by atoms with Crippen LogP contribution in [0.5, 0.6) is 0 Å². The van der Waals surface area contributed by atoms with E-state index in [1.54, 1.807) is 18.5 Å². The SMILES string of the molecule is Nc1cncc(C#CCCl)c1. The third kappa shape index (κ3) is 2.48. The predicted molar refractivity (Wildman–Crippen MR) is 46.2 cm³/mol. The van der Waals surface area contributed by atoms with Crippen LogP contribution in [0.2, 0.25) is 0 Å². The fourth-order valence-corrected chi connectivity index (χ4v) is 0.728. The highest BCUT2D eigenvalue weighted by atomic mass is 35.5. The van der Waals surface area contributed by atoms with Gasteiger partial charge >= 0.3 is 0 Å². The highest BCUT2D eigenvalue weighted by Crippen LogP contribution is 2.01. The van der Waals surface area contributed by atoms with Crippen molar-refractivity contribution < 1.29 is 0 Å². The Morgan fingerprint density at radius 2 is 2.36 bits per heavy atom. The molecule has 0 aliphatic carbocycles.